The van der Waals surface area contributed by atoms with Crippen molar-refractivity contribution in [1.29, 1.82) is 0 Å². The first-order valence-electron chi connectivity index (χ1n) is 8.47. The number of carbonyl (C=O) groups excluding carboxylic acids is 1. The van der Waals surface area contributed by atoms with Crippen molar-refractivity contribution in [3.63, 3.8) is 0 Å². The Kier molecular flexibility index (Phi) is 6.41. The molecule has 1 saturated heterocycles. The molecule has 0 radical (unpaired) electrons. The highest BCUT2D eigenvalue weighted by atomic mass is 32.2. The SMILES string of the molecule is COc1cc(OC)cc(C2SCCN2C(=O)COCc2ccccc2)c1. The summed E-state index contributed by atoms with van der Waals surface area (Å²) >= 11 is 1.74. The van der Waals surface area contributed by atoms with E-state index in [9.17, 15) is 4.79 Å². The fourth-order valence-electron chi connectivity index (χ4n) is 2.89. The highest BCUT2D eigenvalue weighted by Gasteiger charge is 2.31. The normalized spacial score (nSPS) is 16.5. The zero-order valence-electron chi connectivity index (χ0n) is 15.0. The third kappa shape index (κ3) is 4.51. The van der Waals surface area contributed by atoms with Crippen molar-refractivity contribution < 1.29 is 19.0 Å². The Morgan fingerprint density at radius 3 is 2.46 bits per heavy atom. The summed E-state index contributed by atoms with van der Waals surface area (Å²) in [6.45, 7) is 1.22. The maximum atomic E-state index is 12.7. The second-order valence-corrected chi connectivity index (χ2v) is 7.12. The first-order chi connectivity index (χ1) is 12.7. The number of nitrogens with zero attached hydrogens (tertiary/aromatic N) is 1. The lowest BCUT2D eigenvalue weighted by atomic mass is 10.1. The van der Waals surface area contributed by atoms with Crippen LogP contribution in [-0.2, 0) is 16.1 Å². The van der Waals surface area contributed by atoms with Crippen LogP contribution in [0.15, 0.2) is 48.5 Å². The number of hydrogen-bond acceptors (Lipinski definition) is 5. The minimum absolute atomic E-state index is 0.00211. The van der Waals surface area contributed by atoms with E-state index in [1.165, 1.54) is 0 Å². The fraction of sp³-hybridized carbons (Fsp3) is 0.350. The van der Waals surface area contributed by atoms with Crippen LogP contribution in [-0.4, -0.2) is 43.9 Å². The summed E-state index contributed by atoms with van der Waals surface area (Å²) in [5, 5.41) is -0.0492. The Bertz CT molecular complexity index is 716. The van der Waals surface area contributed by atoms with E-state index in [0.717, 1.165) is 28.4 Å². The van der Waals surface area contributed by atoms with Crippen molar-refractivity contribution in [2.24, 2.45) is 0 Å². The van der Waals surface area contributed by atoms with Crippen LogP contribution < -0.4 is 9.47 Å². The Morgan fingerprint density at radius 2 is 1.81 bits per heavy atom. The zero-order chi connectivity index (χ0) is 18.4. The van der Waals surface area contributed by atoms with Gasteiger partial charge < -0.3 is 19.1 Å². The molecule has 1 atom stereocenters. The molecule has 2 aromatic rings. The van der Waals surface area contributed by atoms with Gasteiger partial charge in [-0.2, -0.15) is 0 Å². The van der Waals surface area contributed by atoms with E-state index in [-0.39, 0.29) is 17.9 Å². The minimum atomic E-state index is -0.0492. The van der Waals surface area contributed by atoms with Crippen molar-refractivity contribution in [2.45, 2.75) is 12.0 Å². The molecule has 0 aromatic heterocycles. The van der Waals surface area contributed by atoms with E-state index in [1.807, 2.05) is 53.4 Å². The molecule has 1 aliphatic heterocycles. The van der Waals surface area contributed by atoms with Gasteiger partial charge in [0.25, 0.3) is 0 Å². The third-order valence-corrected chi connectivity index (χ3v) is 5.47. The molecule has 2 aromatic carbocycles. The van der Waals surface area contributed by atoms with Gasteiger partial charge in [-0.3, -0.25) is 4.79 Å². The maximum Gasteiger partial charge on any atom is 0.249 e. The maximum absolute atomic E-state index is 12.7. The predicted molar refractivity (Wildman–Crippen MR) is 103 cm³/mol. The van der Waals surface area contributed by atoms with Gasteiger partial charge >= 0.3 is 0 Å². The molecule has 1 fully saturated rings. The average molecular weight is 373 g/mol. The molecule has 0 saturated carbocycles. The summed E-state index contributed by atoms with van der Waals surface area (Å²) in [5.41, 5.74) is 2.06. The lowest BCUT2D eigenvalue weighted by molar-refractivity contribution is -0.136. The van der Waals surface area contributed by atoms with Crippen LogP contribution in [0.5, 0.6) is 11.5 Å². The van der Waals surface area contributed by atoms with E-state index in [1.54, 1.807) is 26.0 Å². The Hall–Kier alpha value is -2.18. The molecule has 0 N–H and O–H groups in total. The molecule has 0 spiro atoms. The standard InChI is InChI=1S/C20H23NO4S/c1-23-17-10-16(11-18(12-17)24-2)20-21(8-9-26-20)19(22)14-25-13-15-6-4-3-5-7-15/h3-7,10-12,20H,8-9,13-14H2,1-2H3. The average Bonchev–Trinajstić information content (AvgIpc) is 3.18. The number of methoxy groups -OCH3 is 2. The van der Waals surface area contributed by atoms with Crippen LogP contribution in [0.3, 0.4) is 0 Å². The van der Waals surface area contributed by atoms with Gasteiger partial charge in [0.05, 0.1) is 20.8 Å². The smallest absolute Gasteiger partial charge is 0.249 e. The summed E-state index contributed by atoms with van der Waals surface area (Å²) in [6, 6.07) is 15.6. The highest BCUT2D eigenvalue weighted by Crippen LogP contribution is 2.40. The van der Waals surface area contributed by atoms with Gasteiger partial charge in [-0.15, -0.1) is 11.8 Å². The first kappa shape index (κ1) is 18.6. The summed E-state index contributed by atoms with van der Waals surface area (Å²) in [4.78, 5) is 14.5. The van der Waals surface area contributed by atoms with E-state index >= 15 is 0 Å². The molecule has 6 heteroatoms. The lowest BCUT2D eigenvalue weighted by Crippen LogP contribution is -2.33. The van der Waals surface area contributed by atoms with Crippen LogP contribution >= 0.6 is 11.8 Å². The number of carbonyl (C=O) groups is 1. The van der Waals surface area contributed by atoms with Crippen LogP contribution in [0, 0.1) is 0 Å². The van der Waals surface area contributed by atoms with Gasteiger partial charge in [0.1, 0.15) is 23.5 Å². The van der Waals surface area contributed by atoms with Crippen molar-refractivity contribution in [1.82, 2.24) is 4.90 Å². The Labute approximate surface area is 158 Å². The van der Waals surface area contributed by atoms with Crippen LogP contribution in [0.1, 0.15) is 16.5 Å². The number of amides is 1. The van der Waals surface area contributed by atoms with Gasteiger partial charge in [-0.05, 0) is 23.3 Å². The lowest BCUT2D eigenvalue weighted by Gasteiger charge is -2.24. The number of thioether (sulfide) groups is 1. The summed E-state index contributed by atoms with van der Waals surface area (Å²) in [7, 11) is 3.25. The van der Waals surface area contributed by atoms with Crippen LogP contribution in [0.25, 0.3) is 0 Å². The highest BCUT2D eigenvalue weighted by molar-refractivity contribution is 7.99. The fourth-order valence-corrected chi connectivity index (χ4v) is 4.14. The van der Waals surface area contributed by atoms with Gasteiger partial charge in [0.2, 0.25) is 5.91 Å². The first-order valence-corrected chi connectivity index (χ1v) is 9.52. The molecule has 1 aliphatic rings. The van der Waals surface area contributed by atoms with E-state index in [4.69, 9.17) is 14.2 Å². The van der Waals surface area contributed by atoms with Crippen molar-refractivity contribution in [3.8, 4) is 11.5 Å². The number of hydrogen-bond donors (Lipinski definition) is 0. The molecule has 0 bridgehead atoms. The molecule has 1 heterocycles. The molecule has 26 heavy (non-hydrogen) atoms. The van der Waals surface area contributed by atoms with E-state index in [2.05, 4.69) is 0 Å². The molecule has 3 rings (SSSR count). The largest absolute Gasteiger partial charge is 0.497 e. The summed E-state index contributed by atoms with van der Waals surface area (Å²) in [6.07, 6.45) is 0. The number of ether oxygens (including phenoxy) is 3. The summed E-state index contributed by atoms with van der Waals surface area (Å²) in [5.74, 6) is 2.34. The number of rotatable bonds is 7. The Morgan fingerprint density at radius 1 is 1.12 bits per heavy atom. The topological polar surface area (TPSA) is 48.0 Å². The molecule has 138 valence electrons. The third-order valence-electron chi connectivity index (χ3n) is 4.21. The van der Waals surface area contributed by atoms with Crippen LogP contribution in [0.4, 0.5) is 0 Å². The van der Waals surface area contributed by atoms with Crippen molar-refractivity contribution in [3.05, 3.63) is 59.7 Å². The molecule has 5 nitrogen and oxygen atoms in total. The van der Waals surface area contributed by atoms with E-state index in [0.29, 0.717) is 13.2 Å². The van der Waals surface area contributed by atoms with Gasteiger partial charge in [-0.1, -0.05) is 30.3 Å². The van der Waals surface area contributed by atoms with E-state index < -0.39 is 0 Å². The second-order valence-electron chi connectivity index (χ2n) is 5.93. The minimum Gasteiger partial charge on any atom is -0.497 e. The predicted octanol–water partition coefficient (Wildman–Crippen LogP) is 3.49. The van der Waals surface area contributed by atoms with Gasteiger partial charge in [-0.25, -0.2) is 0 Å². The van der Waals surface area contributed by atoms with Gasteiger partial charge in [0.15, 0.2) is 0 Å². The molecule has 0 aliphatic carbocycles. The summed E-state index contributed by atoms with van der Waals surface area (Å²) < 4.78 is 16.3. The second kappa shape index (κ2) is 8.96. The van der Waals surface area contributed by atoms with Crippen molar-refractivity contribution >= 4 is 17.7 Å². The number of benzene rings is 2. The molecule has 1 unspecified atom stereocenters. The monoisotopic (exact) mass is 373 g/mol. The van der Waals surface area contributed by atoms with Crippen molar-refractivity contribution in [2.75, 3.05) is 33.1 Å². The molecular formula is C20H23NO4S. The molecule has 1 amide bonds. The van der Waals surface area contributed by atoms with Crippen LogP contribution in [0.2, 0.25) is 0 Å². The van der Waals surface area contributed by atoms with Gasteiger partial charge in [0, 0.05) is 18.4 Å². The molecular weight excluding hydrogens is 350 g/mol. The zero-order valence-corrected chi connectivity index (χ0v) is 15.8. The Balaban J connectivity index is 1.65. The quantitative estimate of drug-likeness (QED) is 0.743.